The fourth-order valence-electron chi connectivity index (χ4n) is 4.54. The average Bonchev–Trinajstić information content (AvgIpc) is 3.24. The Morgan fingerprint density at radius 1 is 0.909 bits per heavy atom. The quantitative estimate of drug-likeness (QED) is 0.486. The molecule has 0 radical (unpaired) electrons. The van der Waals surface area contributed by atoms with Crippen molar-refractivity contribution in [1.29, 1.82) is 0 Å². The summed E-state index contributed by atoms with van der Waals surface area (Å²) in [6, 6.07) is 26.7. The number of nitrogens with zero attached hydrogens (tertiary/aromatic N) is 3. The van der Waals surface area contributed by atoms with Crippen molar-refractivity contribution in [1.82, 2.24) is 19.8 Å². The Hall–Kier alpha value is -3.93. The number of hydrogen-bond acceptors (Lipinski definition) is 3. The van der Waals surface area contributed by atoms with Gasteiger partial charge in [-0.25, -0.2) is 4.98 Å². The zero-order chi connectivity index (χ0) is 22.8. The van der Waals surface area contributed by atoms with Crippen LogP contribution in [0.15, 0.2) is 84.9 Å². The highest BCUT2D eigenvalue weighted by Gasteiger charge is 2.40. The molecule has 5 rings (SSSR count). The minimum absolute atomic E-state index is 0.0585. The lowest BCUT2D eigenvalue weighted by atomic mass is 10.0. The summed E-state index contributed by atoms with van der Waals surface area (Å²) in [4.78, 5) is 33.4. The Labute approximate surface area is 192 Å². The molecule has 33 heavy (non-hydrogen) atoms. The van der Waals surface area contributed by atoms with E-state index < -0.39 is 6.04 Å². The molecule has 1 aliphatic rings. The van der Waals surface area contributed by atoms with Crippen molar-refractivity contribution in [2.24, 2.45) is 0 Å². The molecule has 2 heterocycles. The third kappa shape index (κ3) is 4.12. The van der Waals surface area contributed by atoms with Crippen molar-refractivity contribution in [2.75, 3.05) is 0 Å². The van der Waals surface area contributed by atoms with E-state index in [1.807, 2.05) is 101 Å². The number of hydrogen-bond donors (Lipinski definition) is 1. The molecule has 2 atom stereocenters. The van der Waals surface area contributed by atoms with Gasteiger partial charge >= 0.3 is 0 Å². The monoisotopic (exact) mass is 438 g/mol. The van der Waals surface area contributed by atoms with Crippen molar-refractivity contribution in [3.63, 3.8) is 0 Å². The number of amides is 2. The van der Waals surface area contributed by atoms with Crippen LogP contribution in [-0.4, -0.2) is 26.3 Å². The van der Waals surface area contributed by atoms with E-state index in [9.17, 15) is 9.59 Å². The lowest BCUT2D eigenvalue weighted by Crippen LogP contribution is -2.46. The van der Waals surface area contributed by atoms with Crippen molar-refractivity contribution in [3.8, 4) is 0 Å². The van der Waals surface area contributed by atoms with Gasteiger partial charge in [0.2, 0.25) is 11.8 Å². The second-order valence-corrected chi connectivity index (χ2v) is 8.44. The third-order valence-electron chi connectivity index (χ3n) is 6.25. The molecule has 3 aromatic carbocycles. The van der Waals surface area contributed by atoms with Crippen LogP contribution in [0.4, 0.5) is 0 Å². The fraction of sp³-hybridized carbons (Fsp3) is 0.222. The van der Waals surface area contributed by atoms with Crippen LogP contribution in [0.1, 0.15) is 42.4 Å². The van der Waals surface area contributed by atoms with E-state index in [2.05, 4.69) is 5.32 Å². The number of carbonyl (C=O) groups excluding carboxylic acids is 2. The molecule has 0 saturated heterocycles. The summed E-state index contributed by atoms with van der Waals surface area (Å²) in [5.41, 5.74) is 3.79. The molecule has 1 N–H and O–H groups in total. The molecule has 0 saturated carbocycles. The molecule has 6 nitrogen and oxygen atoms in total. The standard InChI is InChI=1S/C27H26N4O2/c1-19-26-29-22-14-8-9-15-23(22)31(26)24(16-25(32)28-17-20-10-4-2-5-11-20)27(33)30(19)18-21-12-6-3-7-13-21/h2-15,19,24H,16-18H2,1H3,(H,28,32). The van der Waals surface area contributed by atoms with Crippen molar-refractivity contribution in [3.05, 3.63) is 102 Å². The molecule has 166 valence electrons. The van der Waals surface area contributed by atoms with E-state index in [0.717, 1.165) is 28.0 Å². The zero-order valence-electron chi connectivity index (χ0n) is 18.5. The van der Waals surface area contributed by atoms with E-state index >= 15 is 0 Å². The SMILES string of the molecule is CC1c2nc3ccccc3n2C(CC(=O)NCc2ccccc2)C(=O)N1Cc1ccccc1. The summed E-state index contributed by atoms with van der Waals surface area (Å²) in [5, 5.41) is 2.97. The average molecular weight is 439 g/mol. The first-order valence-electron chi connectivity index (χ1n) is 11.2. The Kier molecular flexibility index (Phi) is 5.65. The van der Waals surface area contributed by atoms with Crippen LogP contribution in [0.3, 0.4) is 0 Å². The summed E-state index contributed by atoms with van der Waals surface area (Å²) in [6.45, 7) is 2.92. The molecule has 0 bridgehead atoms. The summed E-state index contributed by atoms with van der Waals surface area (Å²) in [6.07, 6.45) is 0.0665. The maximum atomic E-state index is 13.8. The van der Waals surface area contributed by atoms with Crippen LogP contribution in [0.5, 0.6) is 0 Å². The lowest BCUT2D eigenvalue weighted by molar-refractivity contribution is -0.142. The molecule has 6 heteroatoms. The van der Waals surface area contributed by atoms with Crippen LogP contribution >= 0.6 is 0 Å². The molecule has 4 aromatic rings. The number of benzene rings is 3. The normalized spacial score (nSPS) is 17.7. The van der Waals surface area contributed by atoms with Gasteiger partial charge < -0.3 is 14.8 Å². The number of para-hydroxylation sites is 2. The molecule has 2 amide bonds. The Bertz CT molecular complexity index is 1280. The van der Waals surface area contributed by atoms with Crippen LogP contribution in [0, 0.1) is 0 Å². The fourth-order valence-corrected chi connectivity index (χ4v) is 4.54. The van der Waals surface area contributed by atoms with Gasteiger partial charge in [-0.3, -0.25) is 9.59 Å². The molecule has 2 unspecified atom stereocenters. The van der Waals surface area contributed by atoms with Crippen LogP contribution in [-0.2, 0) is 22.7 Å². The zero-order valence-corrected chi connectivity index (χ0v) is 18.5. The highest BCUT2D eigenvalue weighted by molar-refractivity contribution is 5.90. The van der Waals surface area contributed by atoms with E-state index in [4.69, 9.17) is 4.98 Å². The van der Waals surface area contributed by atoms with Gasteiger partial charge in [-0.2, -0.15) is 0 Å². The Morgan fingerprint density at radius 3 is 2.27 bits per heavy atom. The number of carbonyl (C=O) groups is 2. The van der Waals surface area contributed by atoms with Gasteiger partial charge in [0.15, 0.2) is 0 Å². The first-order chi connectivity index (χ1) is 16.1. The van der Waals surface area contributed by atoms with Crippen molar-refractivity contribution < 1.29 is 9.59 Å². The second kappa shape index (κ2) is 8.90. The van der Waals surface area contributed by atoms with Gasteiger partial charge in [0.05, 0.1) is 23.5 Å². The van der Waals surface area contributed by atoms with E-state index in [0.29, 0.717) is 13.1 Å². The first kappa shape index (κ1) is 20.9. The number of aromatic nitrogens is 2. The predicted molar refractivity (Wildman–Crippen MR) is 127 cm³/mol. The van der Waals surface area contributed by atoms with Crippen LogP contribution in [0.2, 0.25) is 0 Å². The first-order valence-corrected chi connectivity index (χ1v) is 11.2. The van der Waals surface area contributed by atoms with E-state index in [-0.39, 0.29) is 24.3 Å². The minimum Gasteiger partial charge on any atom is -0.352 e. The number of nitrogens with one attached hydrogen (secondary N) is 1. The maximum Gasteiger partial charge on any atom is 0.247 e. The molecular formula is C27H26N4O2. The lowest BCUT2D eigenvalue weighted by Gasteiger charge is -2.38. The smallest absolute Gasteiger partial charge is 0.247 e. The molecule has 0 spiro atoms. The Morgan fingerprint density at radius 2 is 1.55 bits per heavy atom. The largest absolute Gasteiger partial charge is 0.352 e. The third-order valence-corrected chi connectivity index (χ3v) is 6.25. The van der Waals surface area contributed by atoms with Gasteiger partial charge in [-0.05, 0) is 30.2 Å². The molecule has 0 aliphatic carbocycles. The highest BCUT2D eigenvalue weighted by Crippen LogP contribution is 2.37. The summed E-state index contributed by atoms with van der Waals surface area (Å²) < 4.78 is 1.96. The summed E-state index contributed by atoms with van der Waals surface area (Å²) in [7, 11) is 0. The highest BCUT2D eigenvalue weighted by atomic mass is 16.2. The predicted octanol–water partition coefficient (Wildman–Crippen LogP) is 4.39. The van der Waals surface area contributed by atoms with Crippen molar-refractivity contribution in [2.45, 2.75) is 38.5 Å². The van der Waals surface area contributed by atoms with Gasteiger partial charge in [-0.1, -0.05) is 72.8 Å². The van der Waals surface area contributed by atoms with E-state index in [1.54, 1.807) is 0 Å². The number of imidazole rings is 1. The maximum absolute atomic E-state index is 13.8. The summed E-state index contributed by atoms with van der Waals surface area (Å²) in [5.74, 6) is 0.597. The molecule has 1 aromatic heterocycles. The van der Waals surface area contributed by atoms with Crippen LogP contribution in [0.25, 0.3) is 11.0 Å². The van der Waals surface area contributed by atoms with E-state index in [1.165, 1.54) is 0 Å². The topological polar surface area (TPSA) is 67.2 Å². The van der Waals surface area contributed by atoms with Crippen LogP contribution < -0.4 is 5.32 Å². The molecule has 1 aliphatic heterocycles. The van der Waals surface area contributed by atoms with Crippen molar-refractivity contribution >= 4 is 22.8 Å². The van der Waals surface area contributed by atoms with Gasteiger partial charge in [0.1, 0.15) is 11.9 Å². The van der Waals surface area contributed by atoms with Gasteiger partial charge in [-0.15, -0.1) is 0 Å². The summed E-state index contributed by atoms with van der Waals surface area (Å²) >= 11 is 0. The Balaban J connectivity index is 1.46. The minimum atomic E-state index is -0.636. The number of rotatable bonds is 6. The van der Waals surface area contributed by atoms with Gasteiger partial charge in [0.25, 0.3) is 0 Å². The van der Waals surface area contributed by atoms with Gasteiger partial charge in [0, 0.05) is 13.1 Å². The number of fused-ring (bicyclic) bond motifs is 3. The molecule has 0 fully saturated rings. The second-order valence-electron chi connectivity index (χ2n) is 8.44. The molecular weight excluding hydrogens is 412 g/mol.